The highest BCUT2D eigenvalue weighted by Gasteiger charge is 2.17. The van der Waals surface area contributed by atoms with Crippen molar-refractivity contribution in [1.82, 2.24) is 15.0 Å². The molecule has 0 saturated carbocycles. The second kappa shape index (κ2) is 5.93. The van der Waals surface area contributed by atoms with Crippen molar-refractivity contribution in [2.24, 2.45) is 10.9 Å². The predicted octanol–water partition coefficient (Wildman–Crippen LogP) is 1.03. The van der Waals surface area contributed by atoms with Crippen molar-refractivity contribution in [2.45, 2.75) is 10.2 Å². The molecule has 0 aliphatic heterocycles. The summed E-state index contributed by atoms with van der Waals surface area (Å²) in [5.41, 5.74) is 5.38. The Bertz CT molecular complexity index is 663. The van der Waals surface area contributed by atoms with Crippen molar-refractivity contribution in [3.05, 3.63) is 46.4 Å². The van der Waals surface area contributed by atoms with Crippen LogP contribution in [0.4, 0.5) is 5.69 Å². The van der Waals surface area contributed by atoms with Gasteiger partial charge in [-0.1, -0.05) is 5.16 Å². The lowest BCUT2D eigenvalue weighted by Gasteiger charge is -2.05. The molecule has 0 unspecified atom stereocenters. The molecule has 2 aromatic rings. The number of nitrogens with zero attached hydrogens (tertiary/aromatic N) is 5. The quantitative estimate of drug-likeness (QED) is 0.212. The summed E-state index contributed by atoms with van der Waals surface area (Å²) >= 11 is 1.05. The molecular weight excluding hydrogens is 284 g/mol. The Labute approximate surface area is 116 Å². The first-order valence-corrected chi connectivity index (χ1v) is 6.00. The van der Waals surface area contributed by atoms with E-state index in [4.69, 9.17) is 10.9 Å². The summed E-state index contributed by atoms with van der Waals surface area (Å²) in [6, 6.07) is 2.82. The van der Waals surface area contributed by atoms with Crippen LogP contribution in [-0.2, 0) is 0 Å². The number of hydrogen-bond donors (Lipinski definition) is 2. The van der Waals surface area contributed by atoms with E-state index >= 15 is 0 Å². The van der Waals surface area contributed by atoms with Gasteiger partial charge in [-0.05, 0) is 17.8 Å². The molecule has 2 rings (SSSR count). The van der Waals surface area contributed by atoms with Gasteiger partial charge in [0.1, 0.15) is 11.2 Å². The van der Waals surface area contributed by atoms with Crippen molar-refractivity contribution < 1.29 is 10.1 Å². The van der Waals surface area contributed by atoms with Crippen LogP contribution in [0.2, 0.25) is 0 Å². The number of oxime groups is 1. The van der Waals surface area contributed by atoms with E-state index in [-0.39, 0.29) is 17.1 Å². The topological polar surface area (TPSA) is 140 Å². The van der Waals surface area contributed by atoms with Gasteiger partial charge in [0.25, 0.3) is 5.69 Å². The van der Waals surface area contributed by atoms with Crippen LogP contribution in [0.5, 0.6) is 0 Å². The smallest absolute Gasteiger partial charge is 0.288 e. The highest BCUT2D eigenvalue weighted by Crippen LogP contribution is 2.27. The van der Waals surface area contributed by atoms with Gasteiger partial charge in [0.15, 0.2) is 11.0 Å². The molecule has 2 aromatic heterocycles. The first kappa shape index (κ1) is 13.7. The molecule has 10 heteroatoms. The minimum absolute atomic E-state index is 0.138. The van der Waals surface area contributed by atoms with Crippen LogP contribution in [0.25, 0.3) is 0 Å². The van der Waals surface area contributed by atoms with Crippen molar-refractivity contribution in [3.8, 4) is 0 Å². The van der Waals surface area contributed by atoms with Gasteiger partial charge >= 0.3 is 0 Å². The molecule has 0 aromatic carbocycles. The van der Waals surface area contributed by atoms with E-state index < -0.39 is 4.92 Å². The molecular formula is C10H8N6O3S. The average molecular weight is 292 g/mol. The minimum atomic E-state index is -0.616. The Morgan fingerprint density at radius 2 is 2.10 bits per heavy atom. The zero-order valence-corrected chi connectivity index (χ0v) is 10.7. The van der Waals surface area contributed by atoms with Gasteiger partial charge in [-0.25, -0.2) is 15.0 Å². The van der Waals surface area contributed by atoms with Crippen LogP contribution < -0.4 is 5.73 Å². The van der Waals surface area contributed by atoms with Crippen LogP contribution in [0.3, 0.4) is 0 Å². The molecule has 3 N–H and O–H groups in total. The van der Waals surface area contributed by atoms with E-state index in [2.05, 4.69) is 20.1 Å². The van der Waals surface area contributed by atoms with Crippen LogP contribution in [0.15, 0.2) is 46.1 Å². The van der Waals surface area contributed by atoms with Crippen molar-refractivity contribution >= 4 is 23.3 Å². The summed E-state index contributed by atoms with van der Waals surface area (Å²) in [6.45, 7) is 0. The van der Waals surface area contributed by atoms with E-state index in [0.29, 0.717) is 10.2 Å². The van der Waals surface area contributed by atoms with Crippen LogP contribution in [0, 0.1) is 10.1 Å². The van der Waals surface area contributed by atoms with E-state index in [1.807, 2.05) is 0 Å². The minimum Gasteiger partial charge on any atom is -0.409 e. The van der Waals surface area contributed by atoms with E-state index in [1.54, 1.807) is 18.5 Å². The SMILES string of the molecule is NC(=NO)c1cc([N+](=O)[O-])cnc1Sc1ncccn1. The summed E-state index contributed by atoms with van der Waals surface area (Å²) in [7, 11) is 0. The van der Waals surface area contributed by atoms with Gasteiger partial charge in [0.05, 0.1) is 10.5 Å². The fourth-order valence-electron chi connectivity index (χ4n) is 1.28. The summed E-state index contributed by atoms with van der Waals surface area (Å²) in [4.78, 5) is 22.0. The van der Waals surface area contributed by atoms with Gasteiger partial charge < -0.3 is 10.9 Å². The highest BCUT2D eigenvalue weighted by atomic mass is 32.2. The van der Waals surface area contributed by atoms with E-state index in [9.17, 15) is 10.1 Å². The van der Waals surface area contributed by atoms with Gasteiger partial charge in [0, 0.05) is 18.5 Å². The maximum Gasteiger partial charge on any atom is 0.288 e. The lowest BCUT2D eigenvalue weighted by molar-refractivity contribution is -0.385. The second-order valence-corrected chi connectivity index (χ2v) is 4.38. The fraction of sp³-hybridized carbons (Fsp3) is 0. The third-order valence-electron chi connectivity index (χ3n) is 2.16. The van der Waals surface area contributed by atoms with Crippen molar-refractivity contribution in [3.63, 3.8) is 0 Å². The summed E-state index contributed by atoms with van der Waals surface area (Å²) < 4.78 is 0. The number of nitrogens with two attached hydrogens (primary N) is 1. The molecule has 0 aliphatic rings. The molecule has 0 radical (unpaired) electrons. The van der Waals surface area contributed by atoms with Gasteiger partial charge in [-0.3, -0.25) is 10.1 Å². The number of hydrogen-bond acceptors (Lipinski definition) is 8. The largest absolute Gasteiger partial charge is 0.409 e. The molecule has 0 amide bonds. The Hall–Kier alpha value is -2.75. The van der Waals surface area contributed by atoms with Gasteiger partial charge in [-0.15, -0.1) is 0 Å². The maximum absolute atomic E-state index is 10.7. The Morgan fingerprint density at radius 3 is 2.70 bits per heavy atom. The molecule has 0 saturated heterocycles. The van der Waals surface area contributed by atoms with Gasteiger partial charge in [-0.2, -0.15) is 0 Å². The van der Waals surface area contributed by atoms with Crippen molar-refractivity contribution in [1.29, 1.82) is 0 Å². The third-order valence-corrected chi connectivity index (χ3v) is 3.07. The van der Waals surface area contributed by atoms with Crippen LogP contribution in [-0.4, -0.2) is 30.9 Å². The normalized spacial score (nSPS) is 11.3. The second-order valence-electron chi connectivity index (χ2n) is 3.42. The fourth-order valence-corrected chi connectivity index (χ4v) is 2.06. The predicted molar refractivity (Wildman–Crippen MR) is 69.6 cm³/mol. The summed E-state index contributed by atoms with van der Waals surface area (Å²) in [5.74, 6) is -0.278. The maximum atomic E-state index is 10.7. The molecule has 0 aliphatic carbocycles. The molecule has 2 heterocycles. The molecule has 9 nitrogen and oxygen atoms in total. The third kappa shape index (κ3) is 2.98. The number of aromatic nitrogens is 3. The monoisotopic (exact) mass is 292 g/mol. The highest BCUT2D eigenvalue weighted by molar-refractivity contribution is 7.99. The van der Waals surface area contributed by atoms with Crippen LogP contribution >= 0.6 is 11.8 Å². The number of pyridine rings is 1. The lowest BCUT2D eigenvalue weighted by atomic mass is 10.2. The summed E-state index contributed by atoms with van der Waals surface area (Å²) in [6.07, 6.45) is 4.17. The average Bonchev–Trinajstić information content (AvgIpc) is 2.47. The first-order valence-electron chi connectivity index (χ1n) is 5.19. The first-order chi connectivity index (χ1) is 9.61. The molecule has 0 atom stereocenters. The Kier molecular flexibility index (Phi) is 4.05. The molecule has 102 valence electrons. The van der Waals surface area contributed by atoms with Crippen LogP contribution in [0.1, 0.15) is 5.56 Å². The summed E-state index contributed by atoms with van der Waals surface area (Å²) in [5, 5.41) is 23.0. The molecule has 0 bridgehead atoms. The molecule has 0 fully saturated rings. The Morgan fingerprint density at radius 1 is 1.40 bits per heavy atom. The molecule has 20 heavy (non-hydrogen) atoms. The molecule has 0 spiro atoms. The number of nitro groups is 1. The number of rotatable bonds is 4. The number of amidine groups is 1. The van der Waals surface area contributed by atoms with Gasteiger partial charge in [0.2, 0.25) is 0 Å². The zero-order chi connectivity index (χ0) is 14.5. The Balaban J connectivity index is 2.44. The zero-order valence-electron chi connectivity index (χ0n) is 9.87. The van der Waals surface area contributed by atoms with Crippen molar-refractivity contribution in [2.75, 3.05) is 0 Å². The lowest BCUT2D eigenvalue weighted by Crippen LogP contribution is -2.15. The van der Waals surface area contributed by atoms with E-state index in [0.717, 1.165) is 18.0 Å². The van der Waals surface area contributed by atoms with E-state index in [1.165, 1.54) is 6.07 Å². The standard InChI is InChI=1S/C10H8N6O3S/c11-8(15-17)7-4-6(16(18)19)5-14-9(7)20-10-12-2-1-3-13-10/h1-5,17H,(H2,11,15).